The van der Waals surface area contributed by atoms with Crippen molar-refractivity contribution >= 4 is 16.6 Å². The molecule has 0 aliphatic carbocycles. The third-order valence-corrected chi connectivity index (χ3v) is 4.86. The van der Waals surface area contributed by atoms with Gasteiger partial charge in [-0.2, -0.15) is 0 Å². The highest BCUT2D eigenvalue weighted by Crippen LogP contribution is 2.27. The Bertz CT molecular complexity index is 1140. The van der Waals surface area contributed by atoms with E-state index in [1.165, 1.54) is 42.0 Å². The Morgan fingerprint density at radius 2 is 2.14 bits per heavy atom. The highest BCUT2D eigenvalue weighted by atomic mass is 19.1. The maximum Gasteiger partial charge on any atom is 0.270 e. The summed E-state index contributed by atoms with van der Waals surface area (Å²) in [6.45, 7) is 0.768. The molecule has 1 N–H and O–H groups in total. The standard InChI is InChI=1S/C19H17FN4O4/c1-28-12-5-7-17(14(20)10-12)23-18(16-3-2-8-21-16)22-15-6-4-11(24(26)27)9-13(15)19(23)25/h4-7,9-10,16,21H,2-3,8H2,1H3. The number of ether oxygens (including phenoxy) is 1. The first kappa shape index (κ1) is 18.1. The average Bonchev–Trinajstić information content (AvgIpc) is 3.22. The molecular weight excluding hydrogens is 367 g/mol. The van der Waals surface area contributed by atoms with E-state index in [1.807, 2.05) is 0 Å². The normalized spacial score (nSPS) is 16.4. The summed E-state index contributed by atoms with van der Waals surface area (Å²) < 4.78 is 21.0. The van der Waals surface area contributed by atoms with Gasteiger partial charge in [-0.15, -0.1) is 0 Å². The Hall–Kier alpha value is -3.33. The van der Waals surface area contributed by atoms with Crippen LogP contribution in [0.4, 0.5) is 10.1 Å². The van der Waals surface area contributed by atoms with E-state index in [2.05, 4.69) is 10.3 Å². The summed E-state index contributed by atoms with van der Waals surface area (Å²) in [7, 11) is 1.42. The zero-order valence-electron chi connectivity index (χ0n) is 15.0. The third kappa shape index (κ3) is 2.99. The van der Waals surface area contributed by atoms with E-state index in [0.29, 0.717) is 17.1 Å². The van der Waals surface area contributed by atoms with Gasteiger partial charge in [0.2, 0.25) is 0 Å². The maximum absolute atomic E-state index is 14.8. The van der Waals surface area contributed by atoms with Crippen LogP contribution >= 0.6 is 0 Å². The van der Waals surface area contributed by atoms with E-state index in [0.717, 1.165) is 19.4 Å². The van der Waals surface area contributed by atoms with Crippen molar-refractivity contribution in [2.75, 3.05) is 13.7 Å². The molecule has 0 bridgehead atoms. The van der Waals surface area contributed by atoms with Gasteiger partial charge in [0.25, 0.3) is 11.2 Å². The first-order chi connectivity index (χ1) is 13.5. The van der Waals surface area contributed by atoms with Crippen LogP contribution in [-0.2, 0) is 0 Å². The van der Waals surface area contributed by atoms with Gasteiger partial charge >= 0.3 is 0 Å². The number of non-ortho nitro benzene ring substituents is 1. The number of aromatic nitrogens is 2. The second-order valence-corrected chi connectivity index (χ2v) is 6.54. The zero-order valence-corrected chi connectivity index (χ0v) is 15.0. The van der Waals surface area contributed by atoms with Gasteiger partial charge in [-0.25, -0.2) is 9.37 Å². The second kappa shape index (κ2) is 7.01. The van der Waals surface area contributed by atoms with Gasteiger partial charge in [0, 0.05) is 18.2 Å². The van der Waals surface area contributed by atoms with Gasteiger partial charge in [-0.1, -0.05) is 0 Å². The summed E-state index contributed by atoms with van der Waals surface area (Å²) in [4.78, 5) is 28.3. The lowest BCUT2D eigenvalue weighted by Crippen LogP contribution is -2.29. The average molecular weight is 384 g/mol. The molecule has 3 aromatic rings. The van der Waals surface area contributed by atoms with Crippen molar-refractivity contribution in [3.63, 3.8) is 0 Å². The molecule has 4 rings (SSSR count). The van der Waals surface area contributed by atoms with Crippen molar-refractivity contribution in [1.82, 2.24) is 14.9 Å². The van der Waals surface area contributed by atoms with Crippen LogP contribution in [0.1, 0.15) is 24.7 Å². The molecule has 1 fully saturated rings. The van der Waals surface area contributed by atoms with E-state index in [9.17, 15) is 19.3 Å². The van der Waals surface area contributed by atoms with Gasteiger partial charge in [0.05, 0.1) is 34.7 Å². The molecule has 0 spiro atoms. The number of hydrogen-bond donors (Lipinski definition) is 1. The third-order valence-electron chi connectivity index (χ3n) is 4.86. The van der Waals surface area contributed by atoms with Crippen molar-refractivity contribution in [2.24, 2.45) is 0 Å². The number of nitrogens with zero attached hydrogens (tertiary/aromatic N) is 3. The Labute approximate surface area is 158 Å². The van der Waals surface area contributed by atoms with Gasteiger partial charge in [-0.3, -0.25) is 19.5 Å². The summed E-state index contributed by atoms with van der Waals surface area (Å²) in [6, 6.07) is 7.89. The van der Waals surface area contributed by atoms with Crippen LogP contribution in [0.25, 0.3) is 16.6 Å². The minimum Gasteiger partial charge on any atom is -0.497 e. The van der Waals surface area contributed by atoms with Crippen molar-refractivity contribution in [3.8, 4) is 11.4 Å². The first-order valence-corrected chi connectivity index (χ1v) is 8.78. The molecule has 8 nitrogen and oxygen atoms in total. The van der Waals surface area contributed by atoms with E-state index in [1.54, 1.807) is 6.07 Å². The maximum atomic E-state index is 14.8. The number of fused-ring (bicyclic) bond motifs is 1. The van der Waals surface area contributed by atoms with Crippen molar-refractivity contribution < 1.29 is 14.1 Å². The fourth-order valence-electron chi connectivity index (χ4n) is 3.47. The number of hydrogen-bond acceptors (Lipinski definition) is 6. The fraction of sp³-hybridized carbons (Fsp3) is 0.263. The van der Waals surface area contributed by atoms with Gasteiger partial charge in [0.15, 0.2) is 5.82 Å². The molecule has 2 heterocycles. The molecule has 28 heavy (non-hydrogen) atoms. The molecule has 2 aromatic carbocycles. The monoisotopic (exact) mass is 384 g/mol. The van der Waals surface area contributed by atoms with Crippen LogP contribution in [0.5, 0.6) is 5.75 Å². The van der Waals surface area contributed by atoms with Crippen LogP contribution in [0.2, 0.25) is 0 Å². The number of halogens is 1. The Kier molecular flexibility index (Phi) is 4.52. The molecule has 1 aliphatic heterocycles. The Balaban J connectivity index is 2.03. The summed E-state index contributed by atoms with van der Waals surface area (Å²) in [5.41, 5.74) is -0.416. The summed E-state index contributed by atoms with van der Waals surface area (Å²) >= 11 is 0. The molecule has 1 unspecified atom stereocenters. The second-order valence-electron chi connectivity index (χ2n) is 6.54. The van der Waals surface area contributed by atoms with Crippen LogP contribution in [0.15, 0.2) is 41.2 Å². The molecule has 1 atom stereocenters. The predicted molar refractivity (Wildman–Crippen MR) is 100 cm³/mol. The Morgan fingerprint density at radius 1 is 1.32 bits per heavy atom. The highest BCUT2D eigenvalue weighted by Gasteiger charge is 2.25. The number of methoxy groups -OCH3 is 1. The van der Waals surface area contributed by atoms with Crippen LogP contribution in [0.3, 0.4) is 0 Å². The van der Waals surface area contributed by atoms with Crippen molar-refractivity contribution in [1.29, 1.82) is 0 Å². The number of nitrogens with one attached hydrogen (secondary N) is 1. The zero-order chi connectivity index (χ0) is 19.8. The number of nitro groups is 1. The lowest BCUT2D eigenvalue weighted by molar-refractivity contribution is -0.384. The molecule has 1 saturated heterocycles. The topological polar surface area (TPSA) is 99.3 Å². The van der Waals surface area contributed by atoms with Crippen molar-refractivity contribution in [3.05, 3.63) is 68.5 Å². The lowest BCUT2D eigenvalue weighted by Gasteiger charge is -2.19. The lowest BCUT2D eigenvalue weighted by atomic mass is 10.1. The molecular formula is C19H17FN4O4. The van der Waals surface area contributed by atoms with E-state index in [4.69, 9.17) is 4.74 Å². The summed E-state index contributed by atoms with van der Waals surface area (Å²) in [5.74, 6) is 0.0550. The summed E-state index contributed by atoms with van der Waals surface area (Å²) in [5, 5.41) is 14.4. The highest BCUT2D eigenvalue weighted by molar-refractivity contribution is 5.80. The molecule has 1 aliphatic rings. The van der Waals surface area contributed by atoms with E-state index in [-0.39, 0.29) is 22.8 Å². The SMILES string of the molecule is COc1ccc(-n2c(C3CCCN3)nc3ccc([N+](=O)[O-])cc3c2=O)c(F)c1. The van der Waals surface area contributed by atoms with Gasteiger partial charge in [0.1, 0.15) is 11.6 Å². The fourth-order valence-corrected chi connectivity index (χ4v) is 3.47. The molecule has 144 valence electrons. The molecule has 9 heteroatoms. The number of nitro benzene ring substituents is 1. The quantitative estimate of drug-likeness (QED) is 0.549. The minimum atomic E-state index is -0.646. The van der Waals surface area contributed by atoms with E-state index < -0.39 is 16.3 Å². The number of rotatable bonds is 4. The molecule has 0 saturated carbocycles. The Morgan fingerprint density at radius 3 is 2.79 bits per heavy atom. The van der Waals surface area contributed by atoms with Gasteiger partial charge in [-0.05, 0) is 37.6 Å². The van der Waals surface area contributed by atoms with Gasteiger partial charge < -0.3 is 10.1 Å². The minimum absolute atomic E-state index is 0.0235. The van der Waals surface area contributed by atoms with Crippen LogP contribution in [-0.4, -0.2) is 28.1 Å². The molecule has 1 aromatic heterocycles. The van der Waals surface area contributed by atoms with Crippen LogP contribution < -0.4 is 15.6 Å². The number of benzene rings is 2. The van der Waals surface area contributed by atoms with Crippen molar-refractivity contribution in [2.45, 2.75) is 18.9 Å². The molecule has 0 amide bonds. The molecule has 0 radical (unpaired) electrons. The summed E-state index contributed by atoms with van der Waals surface area (Å²) in [6.07, 6.45) is 1.66. The van der Waals surface area contributed by atoms with Crippen LogP contribution in [0, 0.1) is 15.9 Å². The smallest absolute Gasteiger partial charge is 0.270 e. The largest absolute Gasteiger partial charge is 0.497 e. The first-order valence-electron chi connectivity index (χ1n) is 8.78. The van der Waals surface area contributed by atoms with E-state index >= 15 is 0 Å². The predicted octanol–water partition coefficient (Wildman–Crippen LogP) is 2.87.